The first-order chi connectivity index (χ1) is 10.7. The van der Waals surface area contributed by atoms with Gasteiger partial charge in [0.2, 0.25) is 0 Å². The van der Waals surface area contributed by atoms with Crippen LogP contribution in [0.15, 0.2) is 47.6 Å². The van der Waals surface area contributed by atoms with Crippen molar-refractivity contribution in [2.24, 2.45) is 5.10 Å². The minimum Gasteiger partial charge on any atom is -0.507 e. The first kappa shape index (κ1) is 15.9. The van der Waals surface area contributed by atoms with Gasteiger partial charge in [0.05, 0.1) is 11.9 Å². The van der Waals surface area contributed by atoms with Crippen LogP contribution in [0.25, 0.3) is 0 Å². The summed E-state index contributed by atoms with van der Waals surface area (Å²) in [6.07, 6.45) is 1.63. The van der Waals surface area contributed by atoms with Crippen LogP contribution < -0.4 is 10.3 Å². The van der Waals surface area contributed by atoms with Crippen molar-refractivity contribution in [1.82, 2.24) is 0 Å². The van der Waals surface area contributed by atoms with Gasteiger partial charge in [-0.25, -0.2) is 0 Å². The van der Waals surface area contributed by atoms with Gasteiger partial charge in [-0.3, -0.25) is 5.43 Å². The summed E-state index contributed by atoms with van der Waals surface area (Å²) in [5.74, 6) is 0.236. The molecule has 0 spiro atoms. The summed E-state index contributed by atoms with van der Waals surface area (Å²) < 4.78 is 0. The zero-order chi connectivity index (χ0) is 15.9. The molecule has 2 aromatic rings. The minimum absolute atomic E-state index is 0.236. The molecule has 2 N–H and O–H groups in total. The van der Waals surface area contributed by atoms with E-state index in [2.05, 4.69) is 29.3 Å². The molecule has 0 saturated carbocycles. The summed E-state index contributed by atoms with van der Waals surface area (Å²) in [5, 5.41) is 14.3. The molecule has 22 heavy (non-hydrogen) atoms. The summed E-state index contributed by atoms with van der Waals surface area (Å²) in [4.78, 5) is 2.19. The molecule has 0 aliphatic carbocycles. The van der Waals surface area contributed by atoms with E-state index in [-0.39, 0.29) is 5.75 Å². The lowest BCUT2D eigenvalue weighted by molar-refractivity contribution is 0.474. The number of nitrogens with one attached hydrogen (secondary N) is 1. The molecule has 0 saturated heterocycles. The summed E-state index contributed by atoms with van der Waals surface area (Å²) in [6.45, 7) is 8.05. The zero-order valence-electron chi connectivity index (χ0n) is 13.4. The lowest BCUT2D eigenvalue weighted by Gasteiger charge is -2.21. The van der Waals surface area contributed by atoms with E-state index in [1.54, 1.807) is 12.3 Å². The Hall–Kier alpha value is -2.49. The monoisotopic (exact) mass is 297 g/mol. The number of hydrogen-bond acceptors (Lipinski definition) is 4. The average molecular weight is 297 g/mol. The molecular weight excluding hydrogens is 274 g/mol. The number of benzene rings is 2. The largest absolute Gasteiger partial charge is 0.507 e. The lowest BCUT2D eigenvalue weighted by Crippen LogP contribution is -2.21. The van der Waals surface area contributed by atoms with E-state index in [4.69, 9.17) is 0 Å². The molecular formula is C18H23N3O. The Labute approximate surface area is 132 Å². The Bertz CT molecular complexity index is 649. The summed E-state index contributed by atoms with van der Waals surface area (Å²) in [6, 6.07) is 13.6. The smallest absolute Gasteiger partial charge is 0.126 e. The van der Waals surface area contributed by atoms with Crippen molar-refractivity contribution in [2.75, 3.05) is 23.4 Å². The van der Waals surface area contributed by atoms with E-state index in [1.807, 2.05) is 43.3 Å². The van der Waals surface area contributed by atoms with Crippen LogP contribution in [0.4, 0.5) is 11.4 Å². The van der Waals surface area contributed by atoms with Crippen molar-refractivity contribution < 1.29 is 5.11 Å². The van der Waals surface area contributed by atoms with Crippen LogP contribution in [-0.4, -0.2) is 24.4 Å². The Balaban J connectivity index is 2.10. The van der Waals surface area contributed by atoms with Gasteiger partial charge in [-0.15, -0.1) is 0 Å². The fourth-order valence-corrected chi connectivity index (χ4v) is 2.30. The topological polar surface area (TPSA) is 47.9 Å². The number of hydrazone groups is 1. The maximum Gasteiger partial charge on any atom is 0.126 e. The lowest BCUT2D eigenvalue weighted by atomic mass is 10.2. The van der Waals surface area contributed by atoms with Crippen molar-refractivity contribution in [3.63, 3.8) is 0 Å². The van der Waals surface area contributed by atoms with Gasteiger partial charge in [0.25, 0.3) is 0 Å². The fraction of sp³-hybridized carbons (Fsp3) is 0.278. The van der Waals surface area contributed by atoms with Crippen LogP contribution >= 0.6 is 0 Å². The van der Waals surface area contributed by atoms with Crippen molar-refractivity contribution in [3.8, 4) is 5.75 Å². The van der Waals surface area contributed by atoms with E-state index in [0.29, 0.717) is 5.56 Å². The van der Waals surface area contributed by atoms with Crippen molar-refractivity contribution >= 4 is 17.6 Å². The number of para-hydroxylation sites is 1. The van der Waals surface area contributed by atoms with Crippen LogP contribution in [0.2, 0.25) is 0 Å². The molecule has 0 aliphatic heterocycles. The molecule has 0 aliphatic rings. The maximum atomic E-state index is 10.1. The van der Waals surface area contributed by atoms with E-state index in [0.717, 1.165) is 30.0 Å². The molecule has 0 atom stereocenters. The van der Waals surface area contributed by atoms with E-state index >= 15 is 0 Å². The predicted molar refractivity (Wildman–Crippen MR) is 94.1 cm³/mol. The number of phenolic OH excluding ortho intramolecular Hbond substituents is 1. The highest BCUT2D eigenvalue weighted by Gasteiger charge is 2.05. The van der Waals surface area contributed by atoms with Crippen LogP contribution in [0, 0.1) is 6.92 Å². The third kappa shape index (κ3) is 3.79. The van der Waals surface area contributed by atoms with Gasteiger partial charge in [0, 0.05) is 30.4 Å². The normalized spacial score (nSPS) is 10.9. The third-order valence-electron chi connectivity index (χ3n) is 3.68. The molecule has 0 amide bonds. The molecule has 0 radical (unpaired) electrons. The van der Waals surface area contributed by atoms with Crippen molar-refractivity contribution in [3.05, 3.63) is 53.6 Å². The average Bonchev–Trinajstić information content (AvgIpc) is 2.52. The highest BCUT2D eigenvalue weighted by Crippen LogP contribution is 2.23. The van der Waals surface area contributed by atoms with Gasteiger partial charge in [-0.2, -0.15) is 5.10 Å². The van der Waals surface area contributed by atoms with Gasteiger partial charge < -0.3 is 10.0 Å². The molecule has 0 unspecified atom stereocenters. The summed E-state index contributed by atoms with van der Waals surface area (Å²) >= 11 is 0. The number of aromatic hydroxyl groups is 1. The number of rotatable bonds is 6. The Morgan fingerprint density at radius 1 is 1.14 bits per heavy atom. The SMILES string of the molecule is CCN(CC)c1ccc(C=NNc2ccccc2C)c(O)c1. The van der Waals surface area contributed by atoms with Gasteiger partial charge in [-0.1, -0.05) is 18.2 Å². The van der Waals surface area contributed by atoms with Gasteiger partial charge in [0.15, 0.2) is 0 Å². The third-order valence-corrected chi connectivity index (χ3v) is 3.68. The van der Waals surface area contributed by atoms with Crippen LogP contribution in [0.3, 0.4) is 0 Å². The first-order valence-electron chi connectivity index (χ1n) is 7.58. The van der Waals surface area contributed by atoms with E-state index in [9.17, 15) is 5.11 Å². The number of phenols is 1. The van der Waals surface area contributed by atoms with Crippen molar-refractivity contribution in [2.45, 2.75) is 20.8 Å². The van der Waals surface area contributed by atoms with Gasteiger partial charge in [0.1, 0.15) is 5.75 Å². The molecule has 0 heterocycles. The Morgan fingerprint density at radius 2 is 1.86 bits per heavy atom. The predicted octanol–water partition coefficient (Wildman–Crippen LogP) is 3.99. The van der Waals surface area contributed by atoms with Crippen LogP contribution in [-0.2, 0) is 0 Å². The molecule has 2 rings (SSSR count). The van der Waals surface area contributed by atoms with Crippen LogP contribution in [0.5, 0.6) is 5.75 Å². The molecule has 0 aromatic heterocycles. The van der Waals surface area contributed by atoms with Crippen LogP contribution in [0.1, 0.15) is 25.0 Å². The highest BCUT2D eigenvalue weighted by molar-refractivity contribution is 5.85. The second-order valence-electron chi connectivity index (χ2n) is 5.10. The van der Waals surface area contributed by atoms with Gasteiger partial charge >= 0.3 is 0 Å². The summed E-state index contributed by atoms with van der Waals surface area (Å²) in [5.41, 5.74) is 6.79. The molecule has 116 valence electrons. The quantitative estimate of drug-likeness (QED) is 0.626. The van der Waals surface area contributed by atoms with E-state index in [1.165, 1.54) is 0 Å². The highest BCUT2D eigenvalue weighted by atomic mass is 16.3. The molecule has 4 heteroatoms. The Morgan fingerprint density at radius 3 is 2.50 bits per heavy atom. The molecule has 4 nitrogen and oxygen atoms in total. The molecule has 0 fully saturated rings. The van der Waals surface area contributed by atoms with Gasteiger partial charge in [-0.05, 0) is 44.5 Å². The zero-order valence-corrected chi connectivity index (χ0v) is 13.4. The summed E-state index contributed by atoms with van der Waals surface area (Å²) in [7, 11) is 0. The van der Waals surface area contributed by atoms with E-state index < -0.39 is 0 Å². The maximum absolute atomic E-state index is 10.1. The number of anilines is 2. The number of nitrogens with zero attached hydrogens (tertiary/aromatic N) is 2. The second-order valence-corrected chi connectivity index (χ2v) is 5.10. The molecule has 2 aromatic carbocycles. The number of aryl methyl sites for hydroxylation is 1. The van der Waals surface area contributed by atoms with Crippen molar-refractivity contribution in [1.29, 1.82) is 0 Å². The number of hydrogen-bond donors (Lipinski definition) is 2. The standard InChI is InChI=1S/C18H23N3O/c1-4-21(5-2)16-11-10-15(18(22)12-16)13-19-20-17-9-7-6-8-14(17)3/h6-13,20,22H,4-5H2,1-3H3. The minimum atomic E-state index is 0.236. The first-order valence-corrected chi connectivity index (χ1v) is 7.58. The fourth-order valence-electron chi connectivity index (χ4n) is 2.30. The molecule has 0 bridgehead atoms. The second kappa shape index (κ2) is 7.50. The Kier molecular flexibility index (Phi) is 5.42.